The van der Waals surface area contributed by atoms with E-state index in [4.69, 9.17) is 0 Å². The van der Waals surface area contributed by atoms with Crippen LogP contribution in [0.25, 0.3) is 0 Å². The summed E-state index contributed by atoms with van der Waals surface area (Å²) in [4.78, 5) is 36.7. The van der Waals surface area contributed by atoms with Crippen molar-refractivity contribution in [2.45, 2.75) is 29.9 Å². The summed E-state index contributed by atoms with van der Waals surface area (Å²) in [6, 6.07) is 4.22. The lowest BCUT2D eigenvalue weighted by molar-refractivity contribution is -0.133. The first kappa shape index (κ1) is 17.9. The molecule has 1 aliphatic carbocycles. The van der Waals surface area contributed by atoms with Crippen LogP contribution in [-0.4, -0.2) is 38.3 Å². The number of rotatable bonds is 5. The third-order valence-corrected chi connectivity index (χ3v) is 5.53. The number of ketones is 3. The fourth-order valence-electron chi connectivity index (χ4n) is 2.67. The second-order valence-electron chi connectivity index (χ2n) is 5.61. The van der Waals surface area contributed by atoms with Crippen LogP contribution in [0, 0.1) is 5.92 Å². The van der Waals surface area contributed by atoms with Crippen LogP contribution >= 0.6 is 11.8 Å². The maximum absolute atomic E-state index is 12.7. The molecule has 1 aromatic rings. The topological polar surface area (TPSA) is 85.3 Å². The summed E-state index contributed by atoms with van der Waals surface area (Å²) < 4.78 is 23.4. The highest BCUT2D eigenvalue weighted by Gasteiger charge is 2.37. The summed E-state index contributed by atoms with van der Waals surface area (Å²) in [5.74, 6) is -1.99. The van der Waals surface area contributed by atoms with Gasteiger partial charge in [-0.05, 0) is 36.4 Å². The van der Waals surface area contributed by atoms with Crippen molar-refractivity contribution in [3.8, 4) is 0 Å². The molecule has 1 aromatic carbocycles. The van der Waals surface area contributed by atoms with Crippen molar-refractivity contribution < 1.29 is 22.8 Å². The minimum absolute atomic E-state index is 0.124. The standard InChI is InChI=1S/C16H18O5S2/c1-22-9-10-8-11(23(2,20)21)6-7-12(10)16(19)15-13(17)4-3-5-14(15)18/h6-8,15H,3-5,9H2,1-2H3. The Bertz CT molecular complexity index is 749. The Hall–Kier alpha value is -1.47. The molecule has 124 valence electrons. The molecule has 0 unspecified atom stereocenters. The number of thioether (sulfide) groups is 1. The van der Waals surface area contributed by atoms with Crippen molar-refractivity contribution in [1.82, 2.24) is 0 Å². The second kappa shape index (κ2) is 6.97. The van der Waals surface area contributed by atoms with Crippen molar-refractivity contribution in [1.29, 1.82) is 0 Å². The maximum atomic E-state index is 12.7. The normalized spacial score (nSPS) is 16.6. The molecular weight excluding hydrogens is 336 g/mol. The minimum atomic E-state index is -3.39. The van der Waals surface area contributed by atoms with E-state index in [0.717, 1.165) is 6.26 Å². The zero-order valence-electron chi connectivity index (χ0n) is 13.0. The van der Waals surface area contributed by atoms with Gasteiger partial charge in [-0.15, -0.1) is 0 Å². The van der Waals surface area contributed by atoms with E-state index in [2.05, 4.69) is 0 Å². The van der Waals surface area contributed by atoms with Crippen molar-refractivity contribution in [3.05, 3.63) is 29.3 Å². The van der Waals surface area contributed by atoms with Gasteiger partial charge in [0.15, 0.2) is 27.2 Å². The van der Waals surface area contributed by atoms with Crippen LogP contribution in [0.15, 0.2) is 23.1 Å². The molecule has 0 aliphatic heterocycles. The highest BCUT2D eigenvalue weighted by Crippen LogP contribution is 2.26. The monoisotopic (exact) mass is 354 g/mol. The number of benzene rings is 1. The van der Waals surface area contributed by atoms with Crippen molar-refractivity contribution >= 4 is 38.9 Å². The van der Waals surface area contributed by atoms with Crippen molar-refractivity contribution in [3.63, 3.8) is 0 Å². The second-order valence-corrected chi connectivity index (χ2v) is 8.49. The first-order valence-electron chi connectivity index (χ1n) is 7.17. The predicted molar refractivity (Wildman–Crippen MR) is 88.5 cm³/mol. The molecule has 0 atom stereocenters. The van der Waals surface area contributed by atoms with E-state index in [0.29, 0.717) is 17.7 Å². The van der Waals surface area contributed by atoms with Crippen LogP contribution in [0.4, 0.5) is 0 Å². The molecule has 0 saturated heterocycles. The Morgan fingerprint density at radius 3 is 2.35 bits per heavy atom. The quantitative estimate of drug-likeness (QED) is 0.594. The van der Waals surface area contributed by atoms with Gasteiger partial charge in [-0.1, -0.05) is 0 Å². The fraction of sp³-hybridized carbons (Fsp3) is 0.438. The van der Waals surface area contributed by atoms with Crippen LogP contribution in [0.2, 0.25) is 0 Å². The average molecular weight is 354 g/mol. The van der Waals surface area contributed by atoms with E-state index < -0.39 is 21.5 Å². The first-order valence-corrected chi connectivity index (χ1v) is 10.5. The minimum Gasteiger partial charge on any atom is -0.298 e. The van der Waals surface area contributed by atoms with Crippen LogP contribution in [0.3, 0.4) is 0 Å². The summed E-state index contributed by atoms with van der Waals surface area (Å²) in [5.41, 5.74) is 0.803. The number of Topliss-reactive ketones (excluding diaryl/α,β-unsaturated/α-hetero) is 3. The molecule has 5 nitrogen and oxygen atoms in total. The molecule has 23 heavy (non-hydrogen) atoms. The van der Waals surface area contributed by atoms with Gasteiger partial charge in [0.2, 0.25) is 0 Å². The van der Waals surface area contributed by atoms with Gasteiger partial charge in [0.05, 0.1) is 4.90 Å². The smallest absolute Gasteiger partial charge is 0.181 e. The Morgan fingerprint density at radius 1 is 1.22 bits per heavy atom. The van der Waals surface area contributed by atoms with Gasteiger partial charge in [-0.2, -0.15) is 11.8 Å². The molecule has 1 fully saturated rings. The molecule has 0 N–H and O–H groups in total. The van der Waals surface area contributed by atoms with E-state index in [1.165, 1.54) is 30.0 Å². The van der Waals surface area contributed by atoms with Crippen molar-refractivity contribution in [2.24, 2.45) is 5.92 Å². The lowest BCUT2D eigenvalue weighted by Crippen LogP contribution is -2.35. The van der Waals surface area contributed by atoms with E-state index in [1.807, 2.05) is 6.26 Å². The van der Waals surface area contributed by atoms with E-state index in [9.17, 15) is 22.8 Å². The molecule has 0 spiro atoms. The molecule has 2 rings (SSSR count). The Morgan fingerprint density at radius 2 is 1.83 bits per heavy atom. The number of hydrogen-bond acceptors (Lipinski definition) is 6. The highest BCUT2D eigenvalue weighted by atomic mass is 32.2. The molecule has 7 heteroatoms. The van der Waals surface area contributed by atoms with Gasteiger partial charge < -0.3 is 0 Å². The predicted octanol–water partition coefficient (Wildman–Crippen LogP) is 2.07. The molecule has 0 amide bonds. The van der Waals surface area contributed by atoms with Gasteiger partial charge in [-0.3, -0.25) is 14.4 Å². The third-order valence-electron chi connectivity index (χ3n) is 3.82. The SMILES string of the molecule is CSCc1cc(S(C)(=O)=O)ccc1C(=O)C1C(=O)CCCC1=O. The molecule has 1 aliphatic rings. The van der Waals surface area contributed by atoms with Crippen LogP contribution in [0.1, 0.15) is 35.2 Å². The van der Waals surface area contributed by atoms with Gasteiger partial charge in [0, 0.05) is 30.4 Å². The number of carbonyl (C=O) groups is 3. The fourth-order valence-corrected chi connectivity index (χ4v) is 3.89. The van der Waals surface area contributed by atoms with E-state index in [-0.39, 0.29) is 34.9 Å². The zero-order valence-corrected chi connectivity index (χ0v) is 14.6. The molecule has 0 bridgehead atoms. The molecular formula is C16H18O5S2. The first-order chi connectivity index (χ1) is 10.8. The molecule has 1 saturated carbocycles. The molecule has 0 aromatic heterocycles. The summed E-state index contributed by atoms with van der Waals surface area (Å²) >= 11 is 1.44. The maximum Gasteiger partial charge on any atom is 0.181 e. The van der Waals surface area contributed by atoms with Crippen molar-refractivity contribution in [2.75, 3.05) is 12.5 Å². The Kier molecular flexibility index (Phi) is 5.41. The van der Waals surface area contributed by atoms with Gasteiger partial charge >= 0.3 is 0 Å². The zero-order chi connectivity index (χ0) is 17.2. The van der Waals surface area contributed by atoms with Gasteiger partial charge in [-0.25, -0.2) is 8.42 Å². The van der Waals surface area contributed by atoms with Crippen LogP contribution < -0.4 is 0 Å². The molecule has 0 radical (unpaired) electrons. The van der Waals surface area contributed by atoms with E-state index >= 15 is 0 Å². The lowest BCUT2D eigenvalue weighted by atomic mass is 9.81. The highest BCUT2D eigenvalue weighted by molar-refractivity contribution is 7.97. The lowest BCUT2D eigenvalue weighted by Gasteiger charge is -2.19. The summed E-state index contributed by atoms with van der Waals surface area (Å²) in [6.07, 6.45) is 3.90. The molecule has 0 heterocycles. The third kappa shape index (κ3) is 3.90. The van der Waals surface area contributed by atoms with Crippen LogP contribution in [0.5, 0.6) is 0 Å². The Labute approximate surface area is 139 Å². The average Bonchev–Trinajstić information content (AvgIpc) is 2.46. The van der Waals surface area contributed by atoms with E-state index in [1.54, 1.807) is 0 Å². The summed E-state index contributed by atoms with van der Waals surface area (Å²) in [5, 5.41) is 0. The largest absolute Gasteiger partial charge is 0.298 e. The van der Waals surface area contributed by atoms with Gasteiger partial charge in [0.25, 0.3) is 0 Å². The van der Waals surface area contributed by atoms with Gasteiger partial charge in [0.1, 0.15) is 5.92 Å². The number of hydrogen-bond donors (Lipinski definition) is 0. The summed E-state index contributed by atoms with van der Waals surface area (Å²) in [6.45, 7) is 0. The number of carbonyl (C=O) groups excluding carboxylic acids is 3. The number of sulfone groups is 1. The summed E-state index contributed by atoms with van der Waals surface area (Å²) in [7, 11) is -3.39. The Balaban J connectivity index is 2.47. The van der Waals surface area contributed by atoms with Crippen LogP contribution in [-0.2, 0) is 25.2 Å².